The fraction of sp³-hybridized carbons (Fsp3) is 1.00. The maximum Gasteiger partial charge on any atom is 0.350 e. The minimum atomic E-state index is -4.58. The Kier molecular flexibility index (Phi) is 2.86. The lowest BCUT2D eigenvalue weighted by molar-refractivity contribution is 0.0861. The van der Waals surface area contributed by atoms with Gasteiger partial charge in [-0.25, -0.2) is 8.42 Å². The van der Waals surface area contributed by atoms with Crippen LogP contribution in [0.5, 0.6) is 0 Å². The third-order valence-electron chi connectivity index (χ3n) is 2.60. The maximum absolute atomic E-state index is 12.2. The van der Waals surface area contributed by atoms with Gasteiger partial charge in [0.1, 0.15) is 0 Å². The molecule has 0 aromatic rings. The number of rotatable bonds is 2. The highest BCUT2D eigenvalue weighted by atomic mass is 32.2. The molecule has 7 heteroatoms. The van der Waals surface area contributed by atoms with Gasteiger partial charge in [-0.3, -0.25) is 0 Å². The number of halogens is 2. The maximum atomic E-state index is 12.2. The summed E-state index contributed by atoms with van der Waals surface area (Å²) in [6.45, 7) is 2.82. The monoisotopic (exact) mass is 229 g/mol. The molecule has 1 unspecified atom stereocenters. The SMILES string of the molecule is CC1(C)C(O)CCN1S(=O)(=O)C(F)F. The second-order valence-corrected chi connectivity index (χ2v) is 5.66. The van der Waals surface area contributed by atoms with Crippen molar-refractivity contribution in [2.24, 2.45) is 0 Å². The molecule has 0 radical (unpaired) electrons. The van der Waals surface area contributed by atoms with Gasteiger partial charge in [-0.1, -0.05) is 0 Å². The lowest BCUT2D eigenvalue weighted by Crippen LogP contribution is -2.49. The van der Waals surface area contributed by atoms with Crippen LogP contribution in [0.3, 0.4) is 0 Å². The van der Waals surface area contributed by atoms with Gasteiger partial charge in [0.15, 0.2) is 0 Å². The zero-order chi connectivity index (χ0) is 11.1. The second-order valence-electron chi connectivity index (χ2n) is 3.84. The number of sulfonamides is 1. The molecule has 0 bridgehead atoms. The smallest absolute Gasteiger partial charge is 0.350 e. The van der Waals surface area contributed by atoms with Crippen LogP contribution >= 0.6 is 0 Å². The Bertz CT molecular complexity index is 315. The molecule has 14 heavy (non-hydrogen) atoms. The molecule has 0 amide bonds. The normalized spacial score (nSPS) is 28.6. The summed E-state index contributed by atoms with van der Waals surface area (Å²) in [6, 6.07) is 0. The molecule has 1 N–H and O–H groups in total. The average Bonchev–Trinajstić information content (AvgIpc) is 2.27. The molecule has 0 aromatic heterocycles. The summed E-state index contributed by atoms with van der Waals surface area (Å²) < 4.78 is 47.4. The summed E-state index contributed by atoms with van der Waals surface area (Å²) in [7, 11) is -4.58. The molecule has 84 valence electrons. The molecule has 4 nitrogen and oxygen atoms in total. The summed E-state index contributed by atoms with van der Waals surface area (Å²) in [5.74, 6) is -3.42. The minimum absolute atomic E-state index is 0.0547. The van der Waals surface area contributed by atoms with E-state index in [1.807, 2.05) is 0 Å². The van der Waals surface area contributed by atoms with Crippen LogP contribution in [0.15, 0.2) is 0 Å². The van der Waals surface area contributed by atoms with Crippen molar-refractivity contribution in [2.45, 2.75) is 37.7 Å². The van der Waals surface area contributed by atoms with E-state index in [9.17, 15) is 22.3 Å². The van der Waals surface area contributed by atoms with Crippen molar-refractivity contribution in [1.82, 2.24) is 4.31 Å². The van der Waals surface area contributed by atoms with Crippen molar-refractivity contribution in [2.75, 3.05) is 6.54 Å². The number of aliphatic hydroxyl groups is 1. The molecule has 1 aliphatic heterocycles. The van der Waals surface area contributed by atoms with E-state index in [4.69, 9.17) is 0 Å². The Morgan fingerprint density at radius 1 is 1.50 bits per heavy atom. The topological polar surface area (TPSA) is 57.6 Å². The van der Waals surface area contributed by atoms with Crippen LogP contribution in [0.1, 0.15) is 20.3 Å². The van der Waals surface area contributed by atoms with Crippen molar-refractivity contribution in [3.8, 4) is 0 Å². The fourth-order valence-electron chi connectivity index (χ4n) is 1.60. The zero-order valence-electron chi connectivity index (χ0n) is 7.94. The highest BCUT2D eigenvalue weighted by molar-refractivity contribution is 7.89. The van der Waals surface area contributed by atoms with Crippen LogP contribution in [0.25, 0.3) is 0 Å². The summed E-state index contributed by atoms with van der Waals surface area (Å²) >= 11 is 0. The van der Waals surface area contributed by atoms with Gasteiger partial charge >= 0.3 is 5.76 Å². The number of hydrogen-bond donors (Lipinski definition) is 1. The second kappa shape index (κ2) is 3.39. The summed E-state index contributed by atoms with van der Waals surface area (Å²) in [5.41, 5.74) is -1.14. The van der Waals surface area contributed by atoms with E-state index in [-0.39, 0.29) is 13.0 Å². The molecular weight excluding hydrogens is 216 g/mol. The van der Waals surface area contributed by atoms with Gasteiger partial charge in [-0.2, -0.15) is 13.1 Å². The molecule has 1 heterocycles. The highest BCUT2D eigenvalue weighted by Gasteiger charge is 2.49. The van der Waals surface area contributed by atoms with Crippen LogP contribution in [-0.2, 0) is 10.0 Å². The lowest BCUT2D eigenvalue weighted by Gasteiger charge is -2.32. The van der Waals surface area contributed by atoms with E-state index < -0.39 is 27.4 Å². The van der Waals surface area contributed by atoms with Crippen LogP contribution < -0.4 is 0 Å². The molecule has 0 aliphatic carbocycles. The van der Waals surface area contributed by atoms with Crippen molar-refractivity contribution in [1.29, 1.82) is 0 Å². The Labute approximate surface area is 81.6 Å². The first-order valence-corrected chi connectivity index (χ1v) is 5.69. The highest BCUT2D eigenvalue weighted by Crippen LogP contribution is 2.33. The third kappa shape index (κ3) is 1.64. The van der Waals surface area contributed by atoms with Crippen LogP contribution in [-0.4, -0.2) is 41.8 Å². The predicted molar refractivity (Wildman–Crippen MR) is 46.3 cm³/mol. The van der Waals surface area contributed by atoms with Gasteiger partial charge in [0.2, 0.25) is 0 Å². The fourth-order valence-corrected chi connectivity index (χ4v) is 2.93. The van der Waals surface area contributed by atoms with E-state index in [0.717, 1.165) is 0 Å². The first-order chi connectivity index (χ1) is 6.20. The first-order valence-electron chi connectivity index (χ1n) is 4.18. The Morgan fingerprint density at radius 3 is 2.29 bits per heavy atom. The van der Waals surface area contributed by atoms with Gasteiger partial charge in [-0.15, -0.1) is 0 Å². The van der Waals surface area contributed by atoms with E-state index in [2.05, 4.69) is 0 Å². The Balaban J connectivity index is 3.02. The molecule has 0 aromatic carbocycles. The van der Waals surface area contributed by atoms with Gasteiger partial charge in [0.05, 0.1) is 11.6 Å². The van der Waals surface area contributed by atoms with E-state index in [1.165, 1.54) is 13.8 Å². The number of aliphatic hydroxyl groups excluding tert-OH is 1. The van der Waals surface area contributed by atoms with Gasteiger partial charge < -0.3 is 5.11 Å². The quantitative estimate of drug-likeness (QED) is 0.745. The minimum Gasteiger partial charge on any atom is -0.391 e. The zero-order valence-corrected chi connectivity index (χ0v) is 8.76. The molecule has 1 saturated heterocycles. The number of alkyl halides is 2. The summed E-state index contributed by atoms with van der Waals surface area (Å²) in [4.78, 5) is 0. The molecule has 1 rings (SSSR count). The third-order valence-corrected chi connectivity index (χ3v) is 4.31. The van der Waals surface area contributed by atoms with Crippen molar-refractivity contribution >= 4 is 10.0 Å². The molecular formula is C7H13F2NO3S. The summed E-state index contributed by atoms with van der Waals surface area (Å²) in [6.07, 6.45) is -0.699. The van der Waals surface area contributed by atoms with Crippen LogP contribution in [0, 0.1) is 0 Å². The van der Waals surface area contributed by atoms with Gasteiger partial charge in [0, 0.05) is 6.54 Å². The standard InChI is InChI=1S/C7H13F2NO3S/c1-7(2)5(11)3-4-10(7)14(12,13)6(8)9/h5-6,11H,3-4H2,1-2H3. The Morgan fingerprint density at radius 2 is 2.00 bits per heavy atom. The van der Waals surface area contributed by atoms with Crippen LogP contribution in [0.2, 0.25) is 0 Å². The molecule has 1 fully saturated rings. The molecule has 1 aliphatic rings. The Hall–Kier alpha value is -0.270. The molecule has 0 spiro atoms. The predicted octanol–water partition coefficient (Wildman–Crippen LogP) is 0.384. The number of nitrogens with zero attached hydrogens (tertiary/aromatic N) is 1. The van der Waals surface area contributed by atoms with Crippen molar-refractivity contribution in [3.63, 3.8) is 0 Å². The largest absolute Gasteiger partial charge is 0.391 e. The number of hydrogen-bond acceptors (Lipinski definition) is 3. The average molecular weight is 229 g/mol. The van der Waals surface area contributed by atoms with E-state index >= 15 is 0 Å². The van der Waals surface area contributed by atoms with E-state index in [0.29, 0.717) is 4.31 Å². The molecule has 0 saturated carbocycles. The van der Waals surface area contributed by atoms with Crippen molar-refractivity contribution < 1.29 is 22.3 Å². The summed E-state index contributed by atoms with van der Waals surface area (Å²) in [5, 5.41) is 9.42. The van der Waals surface area contributed by atoms with Gasteiger partial charge in [0.25, 0.3) is 10.0 Å². The van der Waals surface area contributed by atoms with Crippen molar-refractivity contribution in [3.05, 3.63) is 0 Å². The van der Waals surface area contributed by atoms with E-state index in [1.54, 1.807) is 0 Å². The molecule has 1 atom stereocenters. The van der Waals surface area contributed by atoms with Gasteiger partial charge in [-0.05, 0) is 20.3 Å². The lowest BCUT2D eigenvalue weighted by atomic mass is 10.0. The first kappa shape index (κ1) is 11.8. The van der Waals surface area contributed by atoms with Crippen LogP contribution in [0.4, 0.5) is 8.78 Å².